The van der Waals surface area contributed by atoms with Gasteiger partial charge in [0.15, 0.2) is 5.78 Å². The van der Waals surface area contributed by atoms with Crippen molar-refractivity contribution in [1.82, 2.24) is 0 Å². The Morgan fingerprint density at radius 1 is 1.25 bits per heavy atom. The van der Waals surface area contributed by atoms with Crippen LogP contribution in [0.3, 0.4) is 0 Å². The number of halogens is 1. The molecule has 3 fully saturated rings. The van der Waals surface area contributed by atoms with Crippen molar-refractivity contribution >= 4 is 11.8 Å². The molecule has 132 valence electrons. The van der Waals surface area contributed by atoms with E-state index in [1.807, 2.05) is 0 Å². The lowest BCUT2D eigenvalue weighted by molar-refractivity contribution is -0.156. The summed E-state index contributed by atoms with van der Waals surface area (Å²) in [6.07, 6.45) is 6.64. The topological polar surface area (TPSA) is 43.4 Å². The van der Waals surface area contributed by atoms with E-state index >= 15 is 0 Å². The zero-order valence-corrected chi connectivity index (χ0v) is 14.6. The van der Waals surface area contributed by atoms with E-state index in [4.69, 9.17) is 4.74 Å². The van der Waals surface area contributed by atoms with Crippen LogP contribution >= 0.6 is 0 Å². The summed E-state index contributed by atoms with van der Waals surface area (Å²) in [5, 5.41) is 0. The number of carbonyl (C=O) groups excluding carboxylic acids is 2. The van der Waals surface area contributed by atoms with E-state index in [0.29, 0.717) is 30.6 Å². The van der Waals surface area contributed by atoms with Crippen LogP contribution in [0.2, 0.25) is 0 Å². The Hall–Kier alpha value is -1.19. The van der Waals surface area contributed by atoms with Crippen LogP contribution < -0.4 is 0 Å². The molecule has 0 aromatic carbocycles. The van der Waals surface area contributed by atoms with Gasteiger partial charge < -0.3 is 4.74 Å². The molecule has 3 saturated carbocycles. The standard InChI is InChI=1S/C20H27FO3/c1-11(22)24-19-6-5-17-15-10-18(21)16-9-12(23)3-4-13(16)14(15)7-8-20(17,19)2/h9,13-15,17-19H,3-8,10H2,1-2H3/t13-,14-,15-,17+,18+,19+,20+/m1/s1. The van der Waals surface area contributed by atoms with Crippen molar-refractivity contribution in [3.8, 4) is 0 Å². The van der Waals surface area contributed by atoms with Crippen LogP contribution in [0.25, 0.3) is 0 Å². The van der Waals surface area contributed by atoms with Crippen LogP contribution in [0, 0.1) is 29.1 Å². The lowest BCUT2D eigenvalue weighted by Crippen LogP contribution is -2.50. The molecule has 24 heavy (non-hydrogen) atoms. The van der Waals surface area contributed by atoms with Gasteiger partial charge in [-0.25, -0.2) is 4.39 Å². The summed E-state index contributed by atoms with van der Waals surface area (Å²) < 4.78 is 20.5. The average molecular weight is 334 g/mol. The van der Waals surface area contributed by atoms with Crippen molar-refractivity contribution in [1.29, 1.82) is 0 Å². The van der Waals surface area contributed by atoms with Gasteiger partial charge in [0.25, 0.3) is 0 Å². The number of rotatable bonds is 1. The molecule has 0 saturated heterocycles. The average Bonchev–Trinajstić information content (AvgIpc) is 2.84. The first-order valence-corrected chi connectivity index (χ1v) is 9.45. The van der Waals surface area contributed by atoms with Crippen molar-refractivity contribution in [2.75, 3.05) is 0 Å². The van der Waals surface area contributed by atoms with Crippen molar-refractivity contribution in [2.45, 2.75) is 71.1 Å². The minimum Gasteiger partial charge on any atom is -0.462 e. The fraction of sp³-hybridized carbons (Fsp3) is 0.800. The Morgan fingerprint density at radius 3 is 2.79 bits per heavy atom. The van der Waals surface area contributed by atoms with Gasteiger partial charge in [-0.1, -0.05) is 6.92 Å². The maximum Gasteiger partial charge on any atom is 0.302 e. The van der Waals surface area contributed by atoms with Gasteiger partial charge in [-0.05, 0) is 73.8 Å². The normalized spacial score (nSPS) is 47.3. The smallest absolute Gasteiger partial charge is 0.302 e. The lowest BCUT2D eigenvalue weighted by atomic mass is 9.52. The Labute approximate surface area is 143 Å². The number of ketones is 1. The number of ether oxygens (including phenoxy) is 1. The van der Waals surface area contributed by atoms with E-state index in [0.717, 1.165) is 37.7 Å². The Bertz CT molecular complexity index is 598. The quantitative estimate of drug-likeness (QED) is 0.681. The summed E-state index contributed by atoms with van der Waals surface area (Å²) in [5.74, 6) is 1.47. The molecule has 7 atom stereocenters. The maximum absolute atomic E-state index is 14.8. The molecule has 3 nitrogen and oxygen atoms in total. The molecule has 0 heterocycles. The summed E-state index contributed by atoms with van der Waals surface area (Å²) in [6, 6.07) is 0. The Morgan fingerprint density at radius 2 is 2.04 bits per heavy atom. The molecule has 0 N–H and O–H groups in total. The molecule has 0 bridgehead atoms. The van der Waals surface area contributed by atoms with E-state index in [1.54, 1.807) is 6.08 Å². The maximum atomic E-state index is 14.8. The molecule has 0 aromatic heterocycles. The second kappa shape index (κ2) is 5.67. The van der Waals surface area contributed by atoms with Crippen molar-refractivity contribution in [3.63, 3.8) is 0 Å². The second-order valence-electron chi connectivity index (χ2n) is 8.61. The molecule has 0 unspecified atom stereocenters. The van der Waals surface area contributed by atoms with E-state index in [2.05, 4.69) is 6.92 Å². The number of hydrogen-bond acceptors (Lipinski definition) is 3. The van der Waals surface area contributed by atoms with Crippen LogP contribution in [-0.2, 0) is 14.3 Å². The molecular weight excluding hydrogens is 307 g/mol. The minimum atomic E-state index is -0.962. The van der Waals surface area contributed by atoms with Crippen molar-refractivity contribution in [3.05, 3.63) is 11.6 Å². The molecule has 4 rings (SSSR count). The summed E-state index contributed by atoms with van der Waals surface area (Å²) in [6.45, 7) is 3.73. The first-order valence-electron chi connectivity index (χ1n) is 9.45. The molecule has 0 aromatic rings. The number of fused-ring (bicyclic) bond motifs is 5. The molecule has 0 aliphatic heterocycles. The number of esters is 1. The molecule has 4 heteroatoms. The van der Waals surface area contributed by atoms with Gasteiger partial charge >= 0.3 is 5.97 Å². The Balaban J connectivity index is 1.61. The summed E-state index contributed by atoms with van der Waals surface area (Å²) in [4.78, 5) is 23.2. The molecule has 0 amide bonds. The highest BCUT2D eigenvalue weighted by atomic mass is 19.1. The number of hydrogen-bond donors (Lipinski definition) is 0. The summed E-state index contributed by atoms with van der Waals surface area (Å²) in [7, 11) is 0. The van der Waals surface area contributed by atoms with Gasteiger partial charge in [-0.2, -0.15) is 0 Å². The van der Waals surface area contributed by atoms with E-state index in [1.165, 1.54) is 6.92 Å². The van der Waals surface area contributed by atoms with Crippen molar-refractivity contribution in [2.24, 2.45) is 29.1 Å². The van der Waals surface area contributed by atoms with E-state index in [-0.39, 0.29) is 29.2 Å². The zero-order valence-electron chi connectivity index (χ0n) is 14.6. The predicted molar refractivity (Wildman–Crippen MR) is 87.9 cm³/mol. The van der Waals surface area contributed by atoms with Gasteiger partial charge in [0.1, 0.15) is 12.3 Å². The van der Waals surface area contributed by atoms with Crippen LogP contribution in [0.5, 0.6) is 0 Å². The minimum absolute atomic E-state index is 0.00173. The fourth-order valence-corrected chi connectivity index (χ4v) is 6.49. The monoisotopic (exact) mass is 334 g/mol. The zero-order chi connectivity index (χ0) is 17.1. The van der Waals surface area contributed by atoms with Gasteiger partial charge in [-0.3, -0.25) is 9.59 Å². The van der Waals surface area contributed by atoms with Gasteiger partial charge in [0.05, 0.1) is 0 Å². The van der Waals surface area contributed by atoms with Crippen LogP contribution in [0.15, 0.2) is 11.6 Å². The number of allylic oxidation sites excluding steroid dienone is 1. The third-order valence-electron chi connectivity index (χ3n) is 7.53. The first-order chi connectivity index (χ1) is 11.4. The van der Waals surface area contributed by atoms with Gasteiger partial charge in [0, 0.05) is 18.8 Å². The number of carbonyl (C=O) groups is 2. The highest BCUT2D eigenvalue weighted by Crippen LogP contribution is 2.62. The highest BCUT2D eigenvalue weighted by Gasteiger charge is 2.58. The van der Waals surface area contributed by atoms with Crippen LogP contribution in [-0.4, -0.2) is 24.0 Å². The molecule has 4 aliphatic rings. The number of alkyl halides is 1. The van der Waals surface area contributed by atoms with Gasteiger partial charge in [0.2, 0.25) is 0 Å². The van der Waals surface area contributed by atoms with Crippen LogP contribution in [0.1, 0.15) is 58.8 Å². The Kier molecular flexibility index (Phi) is 3.85. The fourth-order valence-electron chi connectivity index (χ4n) is 6.49. The largest absolute Gasteiger partial charge is 0.462 e. The summed E-state index contributed by atoms with van der Waals surface area (Å²) >= 11 is 0. The molecule has 4 aliphatic carbocycles. The summed E-state index contributed by atoms with van der Waals surface area (Å²) in [5.41, 5.74) is 0.781. The highest BCUT2D eigenvalue weighted by molar-refractivity contribution is 5.91. The predicted octanol–water partition coefficient (Wildman–Crippen LogP) is 4.01. The molecule has 0 radical (unpaired) electrons. The van der Waals surface area contributed by atoms with Crippen molar-refractivity contribution < 1.29 is 18.7 Å². The first kappa shape index (κ1) is 16.3. The third-order valence-corrected chi connectivity index (χ3v) is 7.53. The van der Waals surface area contributed by atoms with E-state index < -0.39 is 6.17 Å². The third kappa shape index (κ3) is 2.36. The lowest BCUT2D eigenvalue weighted by Gasteiger charge is -2.54. The van der Waals surface area contributed by atoms with Gasteiger partial charge in [-0.15, -0.1) is 0 Å². The molecular formula is C20H27FO3. The SMILES string of the molecule is CC(=O)O[C@H]1CC[C@H]2[C@@H]3C[C@H](F)C4=CC(=O)CC[C@@H]4[C@H]3CC[C@]12C. The van der Waals surface area contributed by atoms with Crippen LogP contribution in [0.4, 0.5) is 4.39 Å². The van der Waals surface area contributed by atoms with E-state index in [9.17, 15) is 14.0 Å². The molecule has 0 spiro atoms. The second-order valence-corrected chi connectivity index (χ2v) is 8.61.